The van der Waals surface area contributed by atoms with E-state index < -0.39 is 60.4 Å². The first kappa shape index (κ1) is 39.9. The third-order valence-electron chi connectivity index (χ3n) is 6.01. The molecule has 1 aliphatic heterocycles. The number of benzene rings is 1. The van der Waals surface area contributed by atoms with Crippen molar-refractivity contribution in [2.75, 3.05) is 36.0 Å². The van der Waals surface area contributed by atoms with E-state index in [1.807, 2.05) is 29.2 Å². The second-order valence-electron chi connectivity index (χ2n) is 9.20. The number of anilines is 2. The first-order chi connectivity index (χ1) is 19.5. The highest BCUT2D eigenvalue weighted by Crippen LogP contribution is 2.32. The standard InChI is InChI=1S/C18H18BrF4N3O.C8H6BrF4NO.H2O.H3P/c19-12-1-3-13(4-2-12)25-5-7-26(8-6-25)14-9-15(20)17(24-11-14)16(27)10-18(21,22)23;9-4-1-5(10)7(14-3-4)6(15)2-8(11,12)13;;/h1-4,9,11,16,27H,5-8,10H2;1,3,6,15H,2H2;1H2;1H3. The smallest absolute Gasteiger partial charge is 0.391 e. The van der Waals surface area contributed by atoms with Gasteiger partial charge in [0.2, 0.25) is 0 Å². The van der Waals surface area contributed by atoms with E-state index in [9.17, 15) is 40.2 Å². The Kier molecular flexibility index (Phi) is 15.3. The molecule has 0 aliphatic carbocycles. The van der Waals surface area contributed by atoms with Crippen molar-refractivity contribution < 1.29 is 50.8 Å². The minimum Gasteiger partial charge on any atom is -0.412 e. The van der Waals surface area contributed by atoms with Gasteiger partial charge in [0.1, 0.15) is 35.2 Å². The summed E-state index contributed by atoms with van der Waals surface area (Å²) in [4.78, 5) is 11.3. The highest BCUT2D eigenvalue weighted by Gasteiger charge is 2.34. The van der Waals surface area contributed by atoms with Crippen molar-refractivity contribution in [3.63, 3.8) is 0 Å². The molecular formula is C26H29Br2F8N4O3P. The molecule has 0 spiro atoms. The molecule has 246 valence electrons. The quantitative estimate of drug-likeness (QED) is 0.219. The van der Waals surface area contributed by atoms with Gasteiger partial charge in [0.15, 0.2) is 0 Å². The highest BCUT2D eigenvalue weighted by atomic mass is 79.9. The Morgan fingerprint density at radius 2 is 1.09 bits per heavy atom. The summed E-state index contributed by atoms with van der Waals surface area (Å²) in [5.41, 5.74) is 0.402. The molecule has 0 amide bonds. The number of nitrogens with zero attached hydrogens (tertiary/aromatic N) is 4. The molecule has 1 aliphatic rings. The minimum absolute atomic E-state index is 0. The van der Waals surface area contributed by atoms with Gasteiger partial charge in [0.05, 0.1) is 24.7 Å². The average Bonchev–Trinajstić information content (AvgIpc) is 2.87. The van der Waals surface area contributed by atoms with Crippen molar-refractivity contribution in [1.29, 1.82) is 0 Å². The van der Waals surface area contributed by atoms with Crippen LogP contribution in [0, 0.1) is 11.6 Å². The molecule has 44 heavy (non-hydrogen) atoms. The number of hydrogen-bond acceptors (Lipinski definition) is 6. The van der Waals surface area contributed by atoms with E-state index in [0.29, 0.717) is 23.2 Å². The molecular weight excluding hydrogens is 759 g/mol. The van der Waals surface area contributed by atoms with Crippen molar-refractivity contribution >= 4 is 53.1 Å². The molecule has 1 aromatic carbocycles. The first-order valence-electron chi connectivity index (χ1n) is 12.2. The Labute approximate surface area is 267 Å². The largest absolute Gasteiger partial charge is 0.412 e. The first-order valence-corrected chi connectivity index (χ1v) is 13.8. The van der Waals surface area contributed by atoms with Gasteiger partial charge in [-0.2, -0.15) is 36.2 Å². The lowest BCUT2D eigenvalue weighted by molar-refractivity contribution is -0.156. The van der Waals surface area contributed by atoms with Gasteiger partial charge in [-0.1, -0.05) is 15.9 Å². The molecule has 3 atom stereocenters. The number of piperazine rings is 1. The monoisotopic (exact) mass is 786 g/mol. The molecule has 3 aromatic rings. The van der Waals surface area contributed by atoms with Gasteiger partial charge >= 0.3 is 12.4 Å². The van der Waals surface area contributed by atoms with Crippen LogP contribution in [0.4, 0.5) is 46.5 Å². The molecule has 3 heterocycles. The molecule has 4 N–H and O–H groups in total. The molecule has 4 rings (SSSR count). The van der Waals surface area contributed by atoms with Crippen molar-refractivity contribution in [2.24, 2.45) is 0 Å². The zero-order chi connectivity index (χ0) is 31.2. The highest BCUT2D eigenvalue weighted by molar-refractivity contribution is 9.10. The van der Waals surface area contributed by atoms with E-state index in [0.717, 1.165) is 41.6 Å². The summed E-state index contributed by atoms with van der Waals surface area (Å²) in [6.45, 7) is 2.70. The predicted octanol–water partition coefficient (Wildman–Crippen LogP) is 6.50. The summed E-state index contributed by atoms with van der Waals surface area (Å²) in [5.74, 6) is -1.90. The minimum atomic E-state index is -4.59. The summed E-state index contributed by atoms with van der Waals surface area (Å²) in [7, 11) is 0. The maximum atomic E-state index is 14.2. The van der Waals surface area contributed by atoms with Crippen molar-refractivity contribution in [2.45, 2.75) is 37.4 Å². The van der Waals surface area contributed by atoms with Crippen molar-refractivity contribution in [3.8, 4) is 0 Å². The van der Waals surface area contributed by atoms with Crippen LogP contribution in [0.3, 0.4) is 0 Å². The molecule has 2 aromatic heterocycles. The van der Waals surface area contributed by atoms with Gasteiger partial charge in [-0.05, 0) is 46.3 Å². The molecule has 18 heteroatoms. The lowest BCUT2D eigenvalue weighted by Crippen LogP contribution is -2.46. The SMILES string of the molecule is O.OC(CC(F)(F)F)c1ncc(Br)cc1F.OC(CC(F)(F)F)c1ncc(N2CCN(c3ccc(Br)cc3)CC2)cc1F.P. The van der Waals surface area contributed by atoms with E-state index >= 15 is 0 Å². The molecule has 1 saturated heterocycles. The Morgan fingerprint density at radius 1 is 0.682 bits per heavy atom. The molecule has 1 fully saturated rings. The van der Waals surface area contributed by atoms with Gasteiger partial charge in [-0.15, -0.1) is 0 Å². The zero-order valence-corrected chi connectivity index (χ0v) is 27.3. The van der Waals surface area contributed by atoms with Crippen LogP contribution in [0.25, 0.3) is 0 Å². The second-order valence-corrected chi connectivity index (χ2v) is 11.0. The molecule has 7 nitrogen and oxygen atoms in total. The molecule has 0 radical (unpaired) electrons. The van der Waals surface area contributed by atoms with Gasteiger partial charge in [-0.25, -0.2) is 8.78 Å². The van der Waals surface area contributed by atoms with E-state index in [2.05, 4.69) is 46.7 Å². The number of aliphatic hydroxyl groups is 2. The summed E-state index contributed by atoms with van der Waals surface area (Å²) in [5, 5.41) is 18.7. The third kappa shape index (κ3) is 12.3. The number of pyridine rings is 2. The van der Waals surface area contributed by atoms with E-state index in [1.165, 1.54) is 6.20 Å². The lowest BCUT2D eigenvalue weighted by Gasteiger charge is -2.37. The van der Waals surface area contributed by atoms with Crippen molar-refractivity contribution in [1.82, 2.24) is 9.97 Å². The number of alkyl halides is 6. The maximum absolute atomic E-state index is 14.2. The molecule has 0 saturated carbocycles. The van der Waals surface area contributed by atoms with Crippen LogP contribution < -0.4 is 9.80 Å². The Hall–Kier alpha value is -2.17. The van der Waals surface area contributed by atoms with Gasteiger partial charge in [0.25, 0.3) is 0 Å². The number of rotatable bonds is 6. The second kappa shape index (κ2) is 16.9. The normalized spacial score (nSPS) is 14.9. The van der Waals surface area contributed by atoms with Gasteiger partial charge < -0.3 is 25.5 Å². The lowest BCUT2D eigenvalue weighted by atomic mass is 10.1. The van der Waals surface area contributed by atoms with Crippen LogP contribution in [0.1, 0.15) is 36.4 Å². The summed E-state index contributed by atoms with van der Waals surface area (Å²) in [6.07, 6.45) is -13.7. The molecule has 3 unspecified atom stereocenters. The number of hydrogen-bond donors (Lipinski definition) is 2. The Morgan fingerprint density at radius 3 is 1.50 bits per heavy atom. The van der Waals surface area contributed by atoms with Crippen LogP contribution in [-0.2, 0) is 0 Å². The van der Waals surface area contributed by atoms with E-state index in [-0.39, 0.29) is 15.4 Å². The fourth-order valence-corrected chi connectivity index (χ4v) is 4.60. The van der Waals surface area contributed by atoms with Crippen LogP contribution in [0.5, 0.6) is 0 Å². The summed E-state index contributed by atoms with van der Waals surface area (Å²) in [6, 6.07) is 10.0. The Bertz CT molecular complexity index is 1330. The van der Waals surface area contributed by atoms with Crippen molar-refractivity contribution in [3.05, 3.63) is 80.8 Å². The van der Waals surface area contributed by atoms with E-state index in [1.54, 1.807) is 0 Å². The fraction of sp³-hybridized carbons (Fsp3) is 0.385. The molecule has 0 bridgehead atoms. The summed E-state index contributed by atoms with van der Waals surface area (Å²) < 4.78 is 101. The predicted molar refractivity (Wildman–Crippen MR) is 161 cm³/mol. The van der Waals surface area contributed by atoms with Gasteiger partial charge in [0, 0.05) is 53.1 Å². The third-order valence-corrected chi connectivity index (χ3v) is 6.97. The van der Waals surface area contributed by atoms with Crippen LogP contribution in [0.2, 0.25) is 0 Å². The zero-order valence-electron chi connectivity index (χ0n) is 22.7. The summed E-state index contributed by atoms with van der Waals surface area (Å²) >= 11 is 6.30. The number of aliphatic hydroxyl groups excluding tert-OH is 2. The maximum Gasteiger partial charge on any atom is 0.391 e. The van der Waals surface area contributed by atoms with Crippen LogP contribution >= 0.6 is 41.8 Å². The fourth-order valence-electron chi connectivity index (χ4n) is 4.03. The number of aromatic nitrogens is 2. The average molecular weight is 788 g/mol. The topological polar surface area (TPSA) is 104 Å². The number of halogens is 10. The van der Waals surface area contributed by atoms with Gasteiger partial charge in [-0.3, -0.25) is 9.97 Å². The van der Waals surface area contributed by atoms with Crippen LogP contribution in [0.15, 0.2) is 57.7 Å². The van der Waals surface area contributed by atoms with Crippen LogP contribution in [-0.4, -0.2) is 64.2 Å². The Balaban J connectivity index is 0.000000489. The van der Waals surface area contributed by atoms with E-state index in [4.69, 9.17) is 5.11 Å².